The average Bonchev–Trinajstić information content (AvgIpc) is 3.00. The van der Waals surface area contributed by atoms with Gasteiger partial charge in [-0.25, -0.2) is 0 Å². The van der Waals surface area contributed by atoms with Crippen molar-refractivity contribution in [2.24, 2.45) is 0 Å². The molecule has 1 fully saturated rings. The van der Waals surface area contributed by atoms with E-state index in [1.165, 1.54) is 48.2 Å². The molecule has 23 heavy (non-hydrogen) atoms. The van der Waals surface area contributed by atoms with Crippen molar-refractivity contribution in [3.05, 3.63) is 59.7 Å². The van der Waals surface area contributed by atoms with E-state index in [1.807, 2.05) is 0 Å². The molecule has 0 aliphatic carbocycles. The predicted molar refractivity (Wildman–Crippen MR) is 96.6 cm³/mol. The molecule has 2 aromatic carbocycles. The molecule has 2 aromatic rings. The van der Waals surface area contributed by atoms with Crippen LogP contribution in [0.3, 0.4) is 0 Å². The van der Waals surface area contributed by atoms with Gasteiger partial charge in [-0.3, -0.25) is 0 Å². The van der Waals surface area contributed by atoms with Gasteiger partial charge in [0.25, 0.3) is 0 Å². The van der Waals surface area contributed by atoms with Crippen molar-refractivity contribution in [3.8, 4) is 11.1 Å². The van der Waals surface area contributed by atoms with E-state index >= 15 is 0 Å². The van der Waals surface area contributed by atoms with Gasteiger partial charge < -0.3 is 10.0 Å². The molecule has 0 amide bonds. The molecule has 3 rings (SSSR count). The summed E-state index contributed by atoms with van der Waals surface area (Å²) in [5.74, 6) is 0. The smallest absolute Gasteiger partial charge is 0.0471 e. The summed E-state index contributed by atoms with van der Waals surface area (Å²) < 4.78 is 0. The van der Waals surface area contributed by atoms with Crippen LogP contribution in [0.25, 0.3) is 11.1 Å². The summed E-state index contributed by atoms with van der Waals surface area (Å²) in [5, 5.41) is 8.98. The first-order valence-corrected chi connectivity index (χ1v) is 8.79. The highest BCUT2D eigenvalue weighted by Crippen LogP contribution is 2.22. The summed E-state index contributed by atoms with van der Waals surface area (Å²) in [6.07, 6.45) is 4.58. The van der Waals surface area contributed by atoms with Crippen molar-refractivity contribution in [2.45, 2.75) is 38.6 Å². The summed E-state index contributed by atoms with van der Waals surface area (Å²) in [6, 6.07) is 18.2. The minimum Gasteiger partial charge on any atom is -0.396 e. The van der Waals surface area contributed by atoms with Crippen LogP contribution >= 0.6 is 0 Å². The van der Waals surface area contributed by atoms with E-state index in [4.69, 9.17) is 5.11 Å². The number of nitrogens with zero attached hydrogens (tertiary/aromatic N) is 1. The van der Waals surface area contributed by atoms with Crippen molar-refractivity contribution in [1.82, 2.24) is 4.90 Å². The Morgan fingerprint density at radius 2 is 1.48 bits per heavy atom. The Balaban J connectivity index is 1.60. The van der Waals surface area contributed by atoms with Crippen molar-refractivity contribution in [3.63, 3.8) is 0 Å². The van der Waals surface area contributed by atoms with Gasteiger partial charge in [0, 0.05) is 19.2 Å². The zero-order valence-electron chi connectivity index (χ0n) is 14.0. The third-order valence-corrected chi connectivity index (χ3v) is 5.02. The molecule has 0 spiro atoms. The molecule has 1 saturated heterocycles. The van der Waals surface area contributed by atoms with Gasteiger partial charge in [-0.1, -0.05) is 48.5 Å². The molecule has 1 heterocycles. The summed E-state index contributed by atoms with van der Waals surface area (Å²) in [4.78, 5) is 2.60. The first kappa shape index (κ1) is 16.2. The second kappa shape index (κ2) is 7.76. The lowest BCUT2D eigenvalue weighted by Crippen LogP contribution is -2.28. The van der Waals surface area contributed by atoms with Crippen LogP contribution in [0.1, 0.15) is 30.9 Å². The van der Waals surface area contributed by atoms with Crippen molar-refractivity contribution in [1.29, 1.82) is 0 Å². The summed E-state index contributed by atoms with van der Waals surface area (Å²) in [7, 11) is 0. The third kappa shape index (κ3) is 4.21. The number of hydrogen-bond donors (Lipinski definition) is 1. The molecule has 0 aromatic heterocycles. The first-order chi connectivity index (χ1) is 11.3. The zero-order valence-corrected chi connectivity index (χ0v) is 14.0. The van der Waals surface area contributed by atoms with Crippen LogP contribution in [-0.4, -0.2) is 35.7 Å². The minimum absolute atomic E-state index is 0.212. The SMILES string of the molecule is CC1CCCN1CCc1ccc(-c2ccc(CCO)cc2)cc1. The van der Waals surface area contributed by atoms with Gasteiger partial charge in [-0.05, 0) is 61.4 Å². The number of aliphatic hydroxyl groups excluding tert-OH is 1. The van der Waals surface area contributed by atoms with E-state index in [-0.39, 0.29) is 6.61 Å². The predicted octanol–water partition coefficient (Wildman–Crippen LogP) is 3.92. The van der Waals surface area contributed by atoms with Crippen LogP contribution in [0, 0.1) is 0 Å². The van der Waals surface area contributed by atoms with Crippen LogP contribution in [0.15, 0.2) is 48.5 Å². The third-order valence-electron chi connectivity index (χ3n) is 5.02. The first-order valence-electron chi connectivity index (χ1n) is 8.79. The van der Waals surface area contributed by atoms with E-state index in [1.54, 1.807) is 0 Å². The molecule has 0 saturated carbocycles. The number of benzene rings is 2. The van der Waals surface area contributed by atoms with Gasteiger partial charge in [0.2, 0.25) is 0 Å². The highest BCUT2D eigenvalue weighted by Gasteiger charge is 2.19. The second-order valence-corrected chi connectivity index (χ2v) is 6.64. The summed E-state index contributed by atoms with van der Waals surface area (Å²) in [6.45, 7) is 5.00. The maximum absolute atomic E-state index is 8.98. The molecule has 1 aliphatic heterocycles. The van der Waals surface area contributed by atoms with Gasteiger partial charge in [-0.2, -0.15) is 0 Å². The number of rotatable bonds is 6. The van der Waals surface area contributed by atoms with Crippen LogP contribution in [0.4, 0.5) is 0 Å². The lowest BCUT2D eigenvalue weighted by atomic mass is 10.0. The summed E-state index contributed by atoms with van der Waals surface area (Å²) in [5.41, 5.74) is 5.11. The van der Waals surface area contributed by atoms with Crippen LogP contribution in [0.2, 0.25) is 0 Å². The molecular formula is C21H27NO. The van der Waals surface area contributed by atoms with E-state index < -0.39 is 0 Å². The van der Waals surface area contributed by atoms with Crippen LogP contribution in [0.5, 0.6) is 0 Å². The highest BCUT2D eigenvalue weighted by atomic mass is 16.2. The van der Waals surface area contributed by atoms with E-state index in [0.717, 1.165) is 18.9 Å². The van der Waals surface area contributed by atoms with Gasteiger partial charge >= 0.3 is 0 Å². The fourth-order valence-corrected chi connectivity index (χ4v) is 3.45. The Kier molecular flexibility index (Phi) is 5.47. The Morgan fingerprint density at radius 1 is 0.913 bits per heavy atom. The molecule has 122 valence electrons. The zero-order chi connectivity index (χ0) is 16.1. The quantitative estimate of drug-likeness (QED) is 0.874. The topological polar surface area (TPSA) is 23.5 Å². The number of likely N-dealkylation sites (tertiary alicyclic amines) is 1. The second-order valence-electron chi connectivity index (χ2n) is 6.64. The van der Waals surface area contributed by atoms with Crippen LogP contribution < -0.4 is 0 Å². The maximum Gasteiger partial charge on any atom is 0.0471 e. The molecule has 1 unspecified atom stereocenters. The number of hydrogen-bond acceptors (Lipinski definition) is 2. The molecule has 1 N–H and O–H groups in total. The largest absolute Gasteiger partial charge is 0.396 e. The van der Waals surface area contributed by atoms with Crippen LogP contribution in [-0.2, 0) is 12.8 Å². The average molecular weight is 309 g/mol. The van der Waals surface area contributed by atoms with Gasteiger partial charge in [-0.15, -0.1) is 0 Å². The van der Waals surface area contributed by atoms with E-state index in [9.17, 15) is 0 Å². The van der Waals surface area contributed by atoms with E-state index in [0.29, 0.717) is 0 Å². The fraction of sp³-hybridized carbons (Fsp3) is 0.429. The lowest BCUT2D eigenvalue weighted by molar-refractivity contribution is 0.272. The molecule has 1 aliphatic rings. The van der Waals surface area contributed by atoms with Crippen molar-refractivity contribution >= 4 is 0 Å². The number of aliphatic hydroxyl groups is 1. The summed E-state index contributed by atoms with van der Waals surface area (Å²) >= 11 is 0. The van der Waals surface area contributed by atoms with Crippen molar-refractivity contribution < 1.29 is 5.11 Å². The lowest BCUT2D eigenvalue weighted by Gasteiger charge is -2.20. The Morgan fingerprint density at radius 3 is 1.96 bits per heavy atom. The monoisotopic (exact) mass is 309 g/mol. The normalized spacial score (nSPS) is 18.4. The standard InChI is InChI=1S/C21H27NO/c1-17-3-2-14-22(17)15-12-18-4-8-20(9-5-18)21-10-6-19(7-11-21)13-16-23/h4-11,17,23H,2-3,12-16H2,1H3. The van der Waals surface area contributed by atoms with E-state index in [2.05, 4.69) is 60.4 Å². The van der Waals surface area contributed by atoms with Crippen molar-refractivity contribution in [2.75, 3.05) is 19.7 Å². The molecule has 0 bridgehead atoms. The molecule has 0 radical (unpaired) electrons. The molecule has 2 nitrogen and oxygen atoms in total. The Labute approximate surface area is 139 Å². The van der Waals surface area contributed by atoms with Gasteiger partial charge in [0.1, 0.15) is 0 Å². The minimum atomic E-state index is 0.212. The Bertz CT molecular complexity index is 603. The van der Waals surface area contributed by atoms with Gasteiger partial charge in [0.15, 0.2) is 0 Å². The fourth-order valence-electron chi connectivity index (χ4n) is 3.45. The molecule has 1 atom stereocenters. The highest BCUT2D eigenvalue weighted by molar-refractivity contribution is 5.64. The molecule has 2 heteroatoms. The Hall–Kier alpha value is -1.64. The molecular weight excluding hydrogens is 282 g/mol. The van der Waals surface area contributed by atoms with Gasteiger partial charge in [0.05, 0.1) is 0 Å². The maximum atomic E-state index is 8.98.